The number of rotatable bonds is 8. The molecule has 2 aliphatic heterocycles. The molecule has 11 nitrogen and oxygen atoms in total. The summed E-state index contributed by atoms with van der Waals surface area (Å²) in [6.07, 6.45) is 4.11. The van der Waals surface area contributed by atoms with Gasteiger partial charge in [0.1, 0.15) is 17.0 Å². The van der Waals surface area contributed by atoms with Gasteiger partial charge in [-0.3, -0.25) is 4.79 Å². The van der Waals surface area contributed by atoms with Crippen molar-refractivity contribution in [3.63, 3.8) is 0 Å². The van der Waals surface area contributed by atoms with Crippen molar-refractivity contribution in [3.8, 4) is 0 Å². The van der Waals surface area contributed by atoms with E-state index in [9.17, 15) is 4.79 Å². The number of hydrogen-bond donors (Lipinski definition) is 3. The van der Waals surface area contributed by atoms with Crippen LogP contribution >= 0.6 is 23.4 Å². The number of likely N-dealkylation sites (tertiary alicyclic amines) is 1. The van der Waals surface area contributed by atoms with Gasteiger partial charge in [0.2, 0.25) is 5.82 Å². The van der Waals surface area contributed by atoms with Crippen LogP contribution < -0.4 is 16.0 Å². The molecule has 204 valence electrons. The number of halogens is 1. The van der Waals surface area contributed by atoms with Gasteiger partial charge in [-0.1, -0.05) is 18.5 Å². The van der Waals surface area contributed by atoms with Crippen LogP contribution in [0.4, 0.5) is 5.82 Å². The number of nitrogens with one attached hydrogen (secondary N) is 2. The normalized spacial score (nSPS) is 18.0. The van der Waals surface area contributed by atoms with E-state index in [4.69, 9.17) is 27.3 Å². The first kappa shape index (κ1) is 26.2. The molecule has 39 heavy (non-hydrogen) atoms. The van der Waals surface area contributed by atoms with Crippen molar-refractivity contribution in [2.24, 2.45) is 5.73 Å². The standard InChI is InChI=1S/C26H31ClN10OS/c1-2-17-21(27)20-22(30-17)32-26(33-24(20)37-11-7-15(28)14-37)39-16-5-6-18-19(13-16)31-23(35-34-18)25(38)29-8-12-36-9-3-4-10-36/h5-6,13,15H,2-4,7-12,14,28H2,1H3,(H,29,38)(H,30,32,33)/t15-/m1/s1. The fourth-order valence-corrected chi connectivity index (χ4v) is 6.30. The molecule has 1 atom stereocenters. The highest BCUT2D eigenvalue weighted by Gasteiger charge is 2.26. The van der Waals surface area contributed by atoms with Crippen LogP contribution in [-0.2, 0) is 6.42 Å². The molecule has 0 bridgehead atoms. The van der Waals surface area contributed by atoms with Crippen LogP contribution in [0.3, 0.4) is 0 Å². The van der Waals surface area contributed by atoms with Gasteiger partial charge in [0, 0.05) is 42.8 Å². The molecule has 0 unspecified atom stereocenters. The Bertz CT molecular complexity index is 1520. The summed E-state index contributed by atoms with van der Waals surface area (Å²) in [5.41, 5.74) is 9.04. The van der Waals surface area contributed by atoms with Crippen LogP contribution in [0.15, 0.2) is 28.3 Å². The Balaban J connectivity index is 1.25. The van der Waals surface area contributed by atoms with E-state index < -0.39 is 0 Å². The van der Waals surface area contributed by atoms with Crippen molar-refractivity contribution in [3.05, 3.63) is 34.7 Å². The second kappa shape index (κ2) is 11.2. The lowest BCUT2D eigenvalue weighted by Gasteiger charge is -2.18. The third-order valence-corrected chi connectivity index (χ3v) is 8.52. The van der Waals surface area contributed by atoms with Gasteiger partial charge in [0.05, 0.1) is 15.9 Å². The van der Waals surface area contributed by atoms with Crippen molar-refractivity contribution >= 4 is 57.2 Å². The molecule has 13 heteroatoms. The number of aromatic nitrogens is 6. The Morgan fingerprint density at radius 3 is 2.79 bits per heavy atom. The number of nitrogens with two attached hydrogens (primary N) is 1. The smallest absolute Gasteiger partial charge is 0.291 e. The molecule has 0 aliphatic carbocycles. The van der Waals surface area contributed by atoms with Crippen molar-refractivity contribution in [2.75, 3.05) is 44.2 Å². The zero-order chi connectivity index (χ0) is 26.9. The van der Waals surface area contributed by atoms with Gasteiger partial charge < -0.3 is 25.8 Å². The molecule has 1 amide bonds. The molecule has 0 saturated carbocycles. The summed E-state index contributed by atoms with van der Waals surface area (Å²) in [6.45, 7) is 7.16. The predicted molar refractivity (Wildman–Crippen MR) is 153 cm³/mol. The molecular weight excluding hydrogens is 536 g/mol. The van der Waals surface area contributed by atoms with E-state index in [1.165, 1.54) is 24.6 Å². The van der Waals surface area contributed by atoms with E-state index in [-0.39, 0.29) is 17.8 Å². The van der Waals surface area contributed by atoms with E-state index in [1.54, 1.807) is 0 Å². The van der Waals surface area contributed by atoms with Crippen molar-refractivity contribution in [2.45, 2.75) is 48.7 Å². The van der Waals surface area contributed by atoms with Crippen LogP contribution in [-0.4, -0.2) is 86.3 Å². The first-order valence-corrected chi connectivity index (χ1v) is 14.6. The van der Waals surface area contributed by atoms with E-state index in [2.05, 4.69) is 42.2 Å². The van der Waals surface area contributed by atoms with E-state index in [1.807, 2.05) is 18.2 Å². The van der Waals surface area contributed by atoms with Crippen molar-refractivity contribution in [1.29, 1.82) is 0 Å². The fourth-order valence-electron chi connectivity index (χ4n) is 5.16. The molecule has 4 aromatic rings. The van der Waals surface area contributed by atoms with Crippen LogP contribution in [0.25, 0.3) is 22.1 Å². The molecule has 3 aromatic heterocycles. The summed E-state index contributed by atoms with van der Waals surface area (Å²) < 4.78 is 0. The number of fused-ring (bicyclic) bond motifs is 2. The number of anilines is 1. The molecule has 2 saturated heterocycles. The molecule has 0 spiro atoms. The van der Waals surface area contributed by atoms with Crippen LogP contribution in [0.1, 0.15) is 42.5 Å². The van der Waals surface area contributed by atoms with Gasteiger partial charge in [0.25, 0.3) is 5.91 Å². The summed E-state index contributed by atoms with van der Waals surface area (Å²) >= 11 is 8.15. The Morgan fingerprint density at radius 1 is 1.18 bits per heavy atom. The third-order valence-electron chi connectivity index (χ3n) is 7.25. The lowest BCUT2D eigenvalue weighted by atomic mass is 10.3. The minimum absolute atomic E-state index is 0.0597. The molecule has 5 heterocycles. The summed E-state index contributed by atoms with van der Waals surface area (Å²) in [5, 5.41) is 13.2. The number of nitrogens with zero attached hydrogens (tertiary/aromatic N) is 7. The lowest BCUT2D eigenvalue weighted by Crippen LogP contribution is -2.34. The Labute approximate surface area is 235 Å². The van der Waals surface area contributed by atoms with E-state index in [0.29, 0.717) is 33.4 Å². The number of amides is 1. The quantitative estimate of drug-likeness (QED) is 0.272. The zero-order valence-electron chi connectivity index (χ0n) is 21.8. The third kappa shape index (κ3) is 5.51. The van der Waals surface area contributed by atoms with E-state index >= 15 is 0 Å². The van der Waals surface area contributed by atoms with Crippen molar-refractivity contribution in [1.82, 2.24) is 40.3 Å². The first-order valence-electron chi connectivity index (χ1n) is 13.4. The van der Waals surface area contributed by atoms with Gasteiger partial charge in [-0.05, 0) is 68.7 Å². The maximum Gasteiger partial charge on any atom is 0.291 e. The Morgan fingerprint density at radius 2 is 2.03 bits per heavy atom. The topological polar surface area (TPSA) is 142 Å². The number of hydrogen-bond acceptors (Lipinski definition) is 10. The van der Waals surface area contributed by atoms with Gasteiger partial charge in [-0.2, -0.15) is 0 Å². The Kier molecular flexibility index (Phi) is 7.52. The monoisotopic (exact) mass is 566 g/mol. The minimum atomic E-state index is -0.320. The number of benzene rings is 1. The lowest BCUT2D eigenvalue weighted by molar-refractivity contribution is 0.0938. The number of H-pyrrole nitrogens is 1. The average molecular weight is 567 g/mol. The minimum Gasteiger partial charge on any atom is -0.354 e. The molecule has 1 aromatic carbocycles. The molecule has 2 aliphatic rings. The van der Waals surface area contributed by atoms with Gasteiger partial charge in [-0.15, -0.1) is 10.2 Å². The van der Waals surface area contributed by atoms with E-state index in [0.717, 1.165) is 67.4 Å². The second-order valence-corrected chi connectivity index (χ2v) is 11.4. The molecular formula is C26H31ClN10OS. The van der Waals surface area contributed by atoms with Crippen LogP contribution in [0, 0.1) is 0 Å². The first-order chi connectivity index (χ1) is 19.0. The SMILES string of the molecule is CCc1[nH]c2nc(Sc3ccc4nnc(C(=O)NCCN5CCCC5)nc4c3)nc(N3CC[C@@H](N)C3)c2c1Cl. The summed E-state index contributed by atoms with van der Waals surface area (Å²) in [7, 11) is 0. The summed E-state index contributed by atoms with van der Waals surface area (Å²) in [4.78, 5) is 35.6. The number of carbonyl (C=O) groups is 1. The summed E-state index contributed by atoms with van der Waals surface area (Å²) in [6, 6.07) is 5.76. The van der Waals surface area contributed by atoms with Crippen LogP contribution in [0.2, 0.25) is 5.02 Å². The second-order valence-electron chi connectivity index (χ2n) is 10.0. The fraction of sp³-hybridized carbons (Fsp3) is 0.462. The number of aromatic amines is 1. The number of carbonyl (C=O) groups excluding carboxylic acids is 1. The van der Waals surface area contributed by atoms with Gasteiger partial charge in [-0.25, -0.2) is 15.0 Å². The highest BCUT2D eigenvalue weighted by molar-refractivity contribution is 7.99. The van der Waals surface area contributed by atoms with Crippen molar-refractivity contribution < 1.29 is 4.79 Å². The van der Waals surface area contributed by atoms with Gasteiger partial charge in [0.15, 0.2) is 5.16 Å². The van der Waals surface area contributed by atoms with Crippen LogP contribution in [0.5, 0.6) is 0 Å². The summed E-state index contributed by atoms with van der Waals surface area (Å²) in [5.74, 6) is 0.540. The predicted octanol–water partition coefficient (Wildman–Crippen LogP) is 3.03. The molecule has 2 fully saturated rings. The number of aryl methyl sites for hydroxylation is 1. The maximum atomic E-state index is 12.7. The largest absolute Gasteiger partial charge is 0.354 e. The molecule has 4 N–H and O–H groups in total. The average Bonchev–Trinajstić information content (AvgIpc) is 3.68. The Hall–Kier alpha value is -3.06. The molecule has 0 radical (unpaired) electrons. The maximum absolute atomic E-state index is 12.7. The highest BCUT2D eigenvalue weighted by Crippen LogP contribution is 2.37. The highest BCUT2D eigenvalue weighted by atomic mass is 35.5. The molecule has 6 rings (SSSR count). The van der Waals surface area contributed by atoms with Gasteiger partial charge >= 0.3 is 0 Å². The zero-order valence-corrected chi connectivity index (χ0v) is 23.4.